The maximum atomic E-state index is 12.3. The van der Waals surface area contributed by atoms with E-state index in [0.717, 1.165) is 19.5 Å². The predicted octanol–water partition coefficient (Wildman–Crippen LogP) is 1.69. The average Bonchev–Trinajstić information content (AvgIpc) is 2.94. The molecule has 0 aliphatic carbocycles. The van der Waals surface area contributed by atoms with E-state index in [9.17, 15) is 4.79 Å². The van der Waals surface area contributed by atoms with Crippen LogP contribution in [0.25, 0.3) is 0 Å². The zero-order valence-electron chi connectivity index (χ0n) is 11.8. The van der Waals surface area contributed by atoms with Gasteiger partial charge in [0.1, 0.15) is 12.3 Å². The van der Waals surface area contributed by atoms with Crippen LogP contribution in [0.5, 0.6) is 0 Å². The van der Waals surface area contributed by atoms with E-state index >= 15 is 0 Å². The number of carbonyl (C=O) groups is 1. The standard InChI is InChI=1S/C16H20N2O2/c1-2-4-14-8-9-18(12-14)16(20)15-7-6-13(11-17-15)5-3-10-19/h6-7,11,14,19H,2,4,8-10,12H2,1H3. The monoisotopic (exact) mass is 272 g/mol. The zero-order valence-corrected chi connectivity index (χ0v) is 11.8. The highest BCUT2D eigenvalue weighted by Gasteiger charge is 2.26. The summed E-state index contributed by atoms with van der Waals surface area (Å²) in [4.78, 5) is 18.4. The van der Waals surface area contributed by atoms with Crippen LogP contribution in [-0.4, -0.2) is 40.6 Å². The minimum atomic E-state index is -0.173. The van der Waals surface area contributed by atoms with E-state index in [-0.39, 0.29) is 12.5 Å². The first kappa shape index (κ1) is 14.5. The molecule has 1 aliphatic rings. The molecule has 0 spiro atoms. The van der Waals surface area contributed by atoms with Gasteiger partial charge in [-0.3, -0.25) is 4.79 Å². The molecular formula is C16H20N2O2. The fourth-order valence-corrected chi connectivity index (χ4v) is 2.56. The van der Waals surface area contributed by atoms with Crippen LogP contribution in [0.2, 0.25) is 0 Å². The molecule has 20 heavy (non-hydrogen) atoms. The van der Waals surface area contributed by atoms with E-state index < -0.39 is 0 Å². The Balaban J connectivity index is 1.99. The number of pyridine rings is 1. The minimum absolute atomic E-state index is 0.00488. The quantitative estimate of drug-likeness (QED) is 0.852. The Morgan fingerprint density at radius 2 is 2.40 bits per heavy atom. The van der Waals surface area contributed by atoms with Crippen LogP contribution < -0.4 is 0 Å². The summed E-state index contributed by atoms with van der Waals surface area (Å²) in [6.45, 7) is 3.68. The molecule has 4 heteroatoms. The number of aromatic nitrogens is 1. The summed E-state index contributed by atoms with van der Waals surface area (Å²) in [7, 11) is 0. The van der Waals surface area contributed by atoms with Gasteiger partial charge in [0.25, 0.3) is 5.91 Å². The maximum Gasteiger partial charge on any atom is 0.272 e. The van der Waals surface area contributed by atoms with Gasteiger partial charge in [-0.05, 0) is 30.9 Å². The number of amides is 1. The fourth-order valence-electron chi connectivity index (χ4n) is 2.56. The largest absolute Gasteiger partial charge is 0.384 e. The molecule has 1 aromatic rings. The van der Waals surface area contributed by atoms with Gasteiger partial charge in [-0.25, -0.2) is 4.98 Å². The lowest BCUT2D eigenvalue weighted by Gasteiger charge is -2.15. The zero-order chi connectivity index (χ0) is 14.4. The Kier molecular flexibility index (Phi) is 5.14. The molecule has 1 aromatic heterocycles. The summed E-state index contributed by atoms with van der Waals surface area (Å²) in [5.41, 5.74) is 1.18. The number of rotatable bonds is 3. The molecule has 1 saturated heterocycles. The molecule has 0 aromatic carbocycles. The third-order valence-electron chi connectivity index (χ3n) is 3.56. The number of hydrogen-bond acceptors (Lipinski definition) is 3. The third kappa shape index (κ3) is 3.58. The van der Waals surface area contributed by atoms with Crippen molar-refractivity contribution in [1.29, 1.82) is 0 Å². The molecule has 2 rings (SSSR count). The van der Waals surface area contributed by atoms with Gasteiger partial charge in [0.15, 0.2) is 0 Å². The van der Waals surface area contributed by atoms with Crippen LogP contribution in [0.4, 0.5) is 0 Å². The van der Waals surface area contributed by atoms with E-state index in [1.165, 1.54) is 12.8 Å². The molecule has 1 atom stereocenters. The highest BCUT2D eigenvalue weighted by Crippen LogP contribution is 2.22. The number of carbonyl (C=O) groups excluding carboxylic acids is 1. The highest BCUT2D eigenvalue weighted by molar-refractivity contribution is 5.92. The molecule has 4 nitrogen and oxygen atoms in total. The summed E-state index contributed by atoms with van der Waals surface area (Å²) >= 11 is 0. The molecule has 106 valence electrons. The van der Waals surface area contributed by atoms with Gasteiger partial charge in [-0.15, -0.1) is 0 Å². The number of aliphatic hydroxyl groups excluding tert-OH is 1. The van der Waals surface area contributed by atoms with Gasteiger partial charge >= 0.3 is 0 Å². The van der Waals surface area contributed by atoms with Crippen molar-refractivity contribution in [3.63, 3.8) is 0 Å². The summed E-state index contributed by atoms with van der Waals surface area (Å²) in [6.07, 6.45) is 5.03. The van der Waals surface area contributed by atoms with Gasteiger partial charge in [0.2, 0.25) is 0 Å². The lowest BCUT2D eigenvalue weighted by atomic mass is 10.0. The number of likely N-dealkylation sites (tertiary alicyclic amines) is 1. The van der Waals surface area contributed by atoms with Crippen LogP contribution in [0, 0.1) is 17.8 Å². The van der Waals surface area contributed by atoms with Crippen molar-refractivity contribution in [2.45, 2.75) is 26.2 Å². The average molecular weight is 272 g/mol. The van der Waals surface area contributed by atoms with Crippen molar-refractivity contribution in [3.05, 3.63) is 29.6 Å². The van der Waals surface area contributed by atoms with Crippen LogP contribution in [-0.2, 0) is 0 Å². The van der Waals surface area contributed by atoms with Crippen molar-refractivity contribution in [3.8, 4) is 11.8 Å². The molecule has 0 bridgehead atoms. The molecular weight excluding hydrogens is 252 g/mol. The molecule has 1 N–H and O–H groups in total. The van der Waals surface area contributed by atoms with Crippen molar-refractivity contribution < 1.29 is 9.90 Å². The normalized spacial score (nSPS) is 17.7. The van der Waals surface area contributed by atoms with E-state index in [4.69, 9.17) is 5.11 Å². The second kappa shape index (κ2) is 7.06. The highest BCUT2D eigenvalue weighted by atomic mass is 16.2. The Hall–Kier alpha value is -1.86. The van der Waals surface area contributed by atoms with Gasteiger partial charge in [-0.1, -0.05) is 25.2 Å². The third-order valence-corrected chi connectivity index (χ3v) is 3.56. The van der Waals surface area contributed by atoms with E-state index in [2.05, 4.69) is 23.7 Å². The smallest absolute Gasteiger partial charge is 0.272 e. The van der Waals surface area contributed by atoms with Crippen LogP contribution in [0.1, 0.15) is 42.2 Å². The predicted molar refractivity (Wildman–Crippen MR) is 77.1 cm³/mol. The first-order chi connectivity index (χ1) is 9.74. The van der Waals surface area contributed by atoms with Crippen molar-refractivity contribution in [2.24, 2.45) is 5.92 Å². The van der Waals surface area contributed by atoms with Gasteiger partial charge < -0.3 is 10.0 Å². The van der Waals surface area contributed by atoms with Crippen LogP contribution >= 0.6 is 0 Å². The topological polar surface area (TPSA) is 53.4 Å². The lowest BCUT2D eigenvalue weighted by Crippen LogP contribution is -2.29. The summed E-state index contributed by atoms with van der Waals surface area (Å²) in [5.74, 6) is 5.97. The molecule has 0 radical (unpaired) electrons. The van der Waals surface area contributed by atoms with Crippen LogP contribution in [0.3, 0.4) is 0 Å². The molecule has 1 amide bonds. The van der Waals surface area contributed by atoms with E-state index in [1.807, 2.05) is 4.90 Å². The second-order valence-corrected chi connectivity index (χ2v) is 5.09. The first-order valence-electron chi connectivity index (χ1n) is 7.09. The van der Waals surface area contributed by atoms with Crippen molar-refractivity contribution >= 4 is 5.91 Å². The van der Waals surface area contributed by atoms with Gasteiger partial charge in [-0.2, -0.15) is 0 Å². The van der Waals surface area contributed by atoms with Crippen LogP contribution in [0.15, 0.2) is 18.3 Å². The molecule has 1 aliphatic heterocycles. The number of hydrogen-bond donors (Lipinski definition) is 1. The lowest BCUT2D eigenvalue weighted by molar-refractivity contribution is 0.0780. The maximum absolute atomic E-state index is 12.3. The Morgan fingerprint density at radius 3 is 3.05 bits per heavy atom. The van der Waals surface area contributed by atoms with Crippen molar-refractivity contribution in [2.75, 3.05) is 19.7 Å². The molecule has 2 heterocycles. The van der Waals surface area contributed by atoms with E-state index in [0.29, 0.717) is 17.2 Å². The second-order valence-electron chi connectivity index (χ2n) is 5.09. The first-order valence-corrected chi connectivity index (χ1v) is 7.09. The van der Waals surface area contributed by atoms with E-state index in [1.54, 1.807) is 18.3 Å². The fraction of sp³-hybridized carbons (Fsp3) is 0.500. The number of aliphatic hydroxyl groups is 1. The van der Waals surface area contributed by atoms with Gasteiger partial charge in [0, 0.05) is 24.8 Å². The molecule has 1 fully saturated rings. The van der Waals surface area contributed by atoms with Crippen molar-refractivity contribution in [1.82, 2.24) is 9.88 Å². The summed E-state index contributed by atoms with van der Waals surface area (Å²) < 4.78 is 0. The minimum Gasteiger partial charge on any atom is -0.384 e. The van der Waals surface area contributed by atoms with Gasteiger partial charge in [0.05, 0.1) is 0 Å². The summed E-state index contributed by atoms with van der Waals surface area (Å²) in [5, 5.41) is 8.63. The Labute approximate surface area is 119 Å². The Bertz CT molecular complexity index is 514. The number of nitrogens with zero attached hydrogens (tertiary/aromatic N) is 2. The Morgan fingerprint density at radius 1 is 1.55 bits per heavy atom. The molecule has 0 saturated carbocycles. The summed E-state index contributed by atoms with van der Waals surface area (Å²) in [6, 6.07) is 3.47. The SMILES string of the molecule is CCCC1CCN(C(=O)c2ccc(C#CCO)cn2)C1. The molecule has 1 unspecified atom stereocenters.